The van der Waals surface area contributed by atoms with Gasteiger partial charge in [0.05, 0.1) is 11.4 Å². The first-order valence-electron chi connectivity index (χ1n) is 7.99. The summed E-state index contributed by atoms with van der Waals surface area (Å²) < 4.78 is 3.52. The number of nitrogens with zero attached hydrogens (tertiary/aromatic N) is 5. The number of carbonyl (C=O) groups excluding carboxylic acids is 1. The quantitative estimate of drug-likeness (QED) is 0.800. The van der Waals surface area contributed by atoms with E-state index >= 15 is 0 Å². The number of fused-ring (bicyclic) bond motifs is 1. The molecule has 7 nitrogen and oxygen atoms in total. The lowest BCUT2D eigenvalue weighted by molar-refractivity contribution is 0.102. The van der Waals surface area contributed by atoms with Crippen LogP contribution >= 0.6 is 0 Å². The molecule has 0 bridgehead atoms. The minimum Gasteiger partial charge on any atom is -0.302 e. The summed E-state index contributed by atoms with van der Waals surface area (Å²) in [5.41, 5.74) is 4.43. The summed E-state index contributed by atoms with van der Waals surface area (Å²) in [4.78, 5) is 12.7. The predicted octanol–water partition coefficient (Wildman–Crippen LogP) is 2.05. The van der Waals surface area contributed by atoms with Gasteiger partial charge in [0, 0.05) is 18.3 Å². The minimum atomic E-state index is -0.230. The van der Waals surface area contributed by atoms with Crippen LogP contribution in [0, 0.1) is 6.92 Å². The van der Waals surface area contributed by atoms with Crippen LogP contribution in [0.25, 0.3) is 5.69 Å². The summed E-state index contributed by atoms with van der Waals surface area (Å²) in [5, 5.41) is 15.3. The van der Waals surface area contributed by atoms with Crippen LogP contribution in [-0.2, 0) is 19.9 Å². The number of para-hydroxylation sites is 1. The van der Waals surface area contributed by atoms with Gasteiger partial charge in [0.25, 0.3) is 5.91 Å². The Balaban J connectivity index is 1.71. The van der Waals surface area contributed by atoms with E-state index in [9.17, 15) is 4.79 Å². The molecule has 4 rings (SSSR count). The maximum absolute atomic E-state index is 12.7. The molecular weight excluding hydrogens is 304 g/mol. The minimum absolute atomic E-state index is 0.230. The molecule has 1 amide bonds. The maximum atomic E-state index is 12.7. The van der Waals surface area contributed by atoms with E-state index in [1.165, 1.54) is 0 Å². The van der Waals surface area contributed by atoms with Gasteiger partial charge < -0.3 is 5.32 Å². The monoisotopic (exact) mass is 322 g/mol. The zero-order chi connectivity index (χ0) is 16.7. The first-order valence-corrected chi connectivity index (χ1v) is 7.99. The molecular formula is C17H18N6O. The molecule has 0 aliphatic heterocycles. The highest BCUT2D eigenvalue weighted by Gasteiger charge is 2.27. The lowest BCUT2D eigenvalue weighted by Gasteiger charge is -2.04. The highest BCUT2D eigenvalue weighted by Crippen LogP contribution is 2.28. The molecule has 3 aromatic rings. The third-order valence-corrected chi connectivity index (χ3v) is 4.48. The van der Waals surface area contributed by atoms with E-state index < -0.39 is 0 Å². The molecule has 0 radical (unpaired) electrons. The topological polar surface area (TPSA) is 77.6 Å². The van der Waals surface area contributed by atoms with Gasteiger partial charge in [-0.3, -0.25) is 9.48 Å². The van der Waals surface area contributed by atoms with Crippen LogP contribution in [0.5, 0.6) is 0 Å². The van der Waals surface area contributed by atoms with Gasteiger partial charge in [-0.25, -0.2) is 4.68 Å². The standard InChI is InChI=1S/C17H18N6O/c1-11-16(19-21-22(11)2)18-17(24)15-13-9-6-10-14(13)23(20-15)12-7-4-3-5-8-12/h3-5,7-8H,6,9-10H2,1-2H3,(H,18,24). The molecule has 2 aromatic heterocycles. The average molecular weight is 322 g/mol. The van der Waals surface area contributed by atoms with E-state index in [0.29, 0.717) is 11.5 Å². The van der Waals surface area contributed by atoms with Crippen molar-refractivity contribution in [1.29, 1.82) is 0 Å². The molecule has 0 spiro atoms. The summed E-state index contributed by atoms with van der Waals surface area (Å²) in [6, 6.07) is 9.92. The molecule has 0 saturated carbocycles. The van der Waals surface area contributed by atoms with E-state index in [2.05, 4.69) is 20.7 Å². The van der Waals surface area contributed by atoms with Crippen LogP contribution in [0.2, 0.25) is 0 Å². The van der Waals surface area contributed by atoms with Crippen molar-refractivity contribution in [3.8, 4) is 5.69 Å². The van der Waals surface area contributed by atoms with Crippen LogP contribution in [0.15, 0.2) is 30.3 Å². The number of aryl methyl sites for hydroxylation is 1. The zero-order valence-corrected chi connectivity index (χ0v) is 13.7. The summed E-state index contributed by atoms with van der Waals surface area (Å²) in [7, 11) is 1.79. The molecule has 1 aromatic carbocycles. The van der Waals surface area contributed by atoms with Crippen LogP contribution in [0.4, 0.5) is 5.82 Å². The molecule has 24 heavy (non-hydrogen) atoms. The summed E-state index contributed by atoms with van der Waals surface area (Å²) in [6.45, 7) is 1.86. The van der Waals surface area contributed by atoms with Gasteiger partial charge in [0.2, 0.25) is 0 Å². The van der Waals surface area contributed by atoms with E-state index in [1.54, 1.807) is 11.7 Å². The van der Waals surface area contributed by atoms with Gasteiger partial charge >= 0.3 is 0 Å². The Morgan fingerprint density at radius 2 is 2.00 bits per heavy atom. The number of aromatic nitrogens is 5. The fourth-order valence-electron chi connectivity index (χ4n) is 3.09. The van der Waals surface area contributed by atoms with Crippen molar-refractivity contribution in [2.24, 2.45) is 7.05 Å². The van der Waals surface area contributed by atoms with E-state index in [0.717, 1.165) is 41.9 Å². The number of anilines is 1. The number of benzene rings is 1. The molecule has 0 fully saturated rings. The van der Waals surface area contributed by atoms with Crippen LogP contribution < -0.4 is 5.32 Å². The van der Waals surface area contributed by atoms with Crippen molar-refractivity contribution in [1.82, 2.24) is 24.8 Å². The van der Waals surface area contributed by atoms with Gasteiger partial charge in [0.15, 0.2) is 11.5 Å². The van der Waals surface area contributed by atoms with E-state index in [4.69, 9.17) is 0 Å². The van der Waals surface area contributed by atoms with Crippen LogP contribution in [-0.4, -0.2) is 30.7 Å². The third-order valence-electron chi connectivity index (χ3n) is 4.48. The third kappa shape index (κ3) is 2.29. The first-order chi connectivity index (χ1) is 11.6. The highest BCUT2D eigenvalue weighted by molar-refractivity contribution is 6.03. The number of hydrogen-bond donors (Lipinski definition) is 1. The number of carbonyl (C=O) groups is 1. The van der Waals surface area contributed by atoms with E-state index in [1.807, 2.05) is 41.9 Å². The Kier molecular flexibility index (Phi) is 3.41. The van der Waals surface area contributed by atoms with Crippen molar-refractivity contribution < 1.29 is 4.79 Å². The van der Waals surface area contributed by atoms with Crippen LogP contribution in [0.1, 0.15) is 33.9 Å². The second-order valence-electron chi connectivity index (χ2n) is 5.98. The van der Waals surface area contributed by atoms with Gasteiger partial charge in [-0.1, -0.05) is 23.4 Å². The zero-order valence-electron chi connectivity index (χ0n) is 13.7. The van der Waals surface area contributed by atoms with Gasteiger partial charge in [-0.15, -0.1) is 5.10 Å². The van der Waals surface area contributed by atoms with Gasteiger partial charge in [0.1, 0.15) is 0 Å². The molecule has 1 N–H and O–H groups in total. The number of hydrogen-bond acceptors (Lipinski definition) is 4. The Labute approximate surface area is 139 Å². The molecule has 122 valence electrons. The van der Waals surface area contributed by atoms with E-state index in [-0.39, 0.29) is 5.91 Å². The molecule has 1 aliphatic rings. The Bertz CT molecular complexity index is 909. The molecule has 7 heteroatoms. The lowest BCUT2D eigenvalue weighted by atomic mass is 10.2. The van der Waals surface area contributed by atoms with Crippen molar-refractivity contribution in [2.45, 2.75) is 26.2 Å². The number of rotatable bonds is 3. The van der Waals surface area contributed by atoms with Gasteiger partial charge in [-0.2, -0.15) is 5.10 Å². The summed E-state index contributed by atoms with van der Waals surface area (Å²) in [6.07, 6.45) is 2.86. The molecule has 1 aliphatic carbocycles. The average Bonchev–Trinajstić information content (AvgIpc) is 3.27. The van der Waals surface area contributed by atoms with Crippen molar-refractivity contribution in [3.63, 3.8) is 0 Å². The van der Waals surface area contributed by atoms with Crippen molar-refractivity contribution in [2.75, 3.05) is 5.32 Å². The normalized spacial score (nSPS) is 13.1. The molecule has 0 atom stereocenters. The fraction of sp³-hybridized carbons (Fsp3) is 0.294. The second-order valence-corrected chi connectivity index (χ2v) is 5.98. The smallest absolute Gasteiger partial charge is 0.277 e. The lowest BCUT2D eigenvalue weighted by Crippen LogP contribution is -2.16. The maximum Gasteiger partial charge on any atom is 0.277 e. The Hall–Kier alpha value is -2.96. The Morgan fingerprint density at radius 1 is 1.21 bits per heavy atom. The molecule has 2 heterocycles. The fourth-order valence-corrected chi connectivity index (χ4v) is 3.09. The van der Waals surface area contributed by atoms with Gasteiger partial charge in [-0.05, 0) is 38.3 Å². The van der Waals surface area contributed by atoms with Crippen molar-refractivity contribution in [3.05, 3.63) is 53.0 Å². The predicted molar refractivity (Wildman–Crippen MR) is 89.3 cm³/mol. The number of nitrogens with one attached hydrogen (secondary N) is 1. The number of amides is 1. The highest BCUT2D eigenvalue weighted by atomic mass is 16.2. The second kappa shape index (κ2) is 5.59. The molecule has 0 unspecified atom stereocenters. The largest absolute Gasteiger partial charge is 0.302 e. The Morgan fingerprint density at radius 3 is 2.71 bits per heavy atom. The summed E-state index contributed by atoms with van der Waals surface area (Å²) >= 11 is 0. The summed E-state index contributed by atoms with van der Waals surface area (Å²) in [5.74, 6) is 0.245. The van der Waals surface area contributed by atoms with Crippen molar-refractivity contribution >= 4 is 11.7 Å². The SMILES string of the molecule is Cc1c(NC(=O)c2nn(-c3ccccc3)c3c2CCC3)nnn1C. The van der Waals surface area contributed by atoms with Crippen LogP contribution in [0.3, 0.4) is 0 Å². The first kappa shape index (κ1) is 14.6. The molecule has 0 saturated heterocycles.